The van der Waals surface area contributed by atoms with Crippen LogP contribution in [0, 0.1) is 13.8 Å². The second kappa shape index (κ2) is 8.46. The highest BCUT2D eigenvalue weighted by Gasteiger charge is 2.13. The van der Waals surface area contributed by atoms with Crippen LogP contribution >= 0.6 is 0 Å². The molecule has 0 atom stereocenters. The summed E-state index contributed by atoms with van der Waals surface area (Å²) in [5, 5.41) is 2.28. The predicted octanol–water partition coefficient (Wildman–Crippen LogP) is 7.76. The average molecular weight is 391 g/mol. The molecule has 0 fully saturated rings. The van der Waals surface area contributed by atoms with Gasteiger partial charge in [-0.1, -0.05) is 86.6 Å². The summed E-state index contributed by atoms with van der Waals surface area (Å²) in [4.78, 5) is 9.81. The molecule has 148 valence electrons. The van der Waals surface area contributed by atoms with Gasteiger partial charge in [-0.25, -0.2) is 0 Å². The van der Waals surface area contributed by atoms with Crippen LogP contribution in [0.25, 0.3) is 44.1 Å². The van der Waals surface area contributed by atoms with Gasteiger partial charge in [-0.3, -0.25) is 9.97 Å². The van der Waals surface area contributed by atoms with Crippen molar-refractivity contribution in [1.82, 2.24) is 9.97 Å². The topological polar surface area (TPSA) is 25.8 Å². The molecule has 0 aliphatic carbocycles. The van der Waals surface area contributed by atoms with E-state index in [1.165, 1.54) is 22.3 Å². The Balaban J connectivity index is 0.00000106. The normalized spacial score (nSPS) is 10.7. The summed E-state index contributed by atoms with van der Waals surface area (Å²) >= 11 is 0. The number of hydrogen-bond donors (Lipinski definition) is 0. The van der Waals surface area contributed by atoms with E-state index in [4.69, 9.17) is 9.97 Å². The molecule has 2 aromatic heterocycles. The molecule has 2 heterocycles. The lowest BCUT2D eigenvalue weighted by Gasteiger charge is -2.13. The summed E-state index contributed by atoms with van der Waals surface area (Å²) in [5.74, 6) is 0. The zero-order valence-corrected chi connectivity index (χ0v) is 18.0. The fourth-order valence-electron chi connectivity index (χ4n) is 3.94. The quantitative estimate of drug-likeness (QED) is 0.288. The molecule has 5 aromatic rings. The molecule has 0 spiro atoms. The number of pyridine rings is 2. The van der Waals surface area contributed by atoms with E-state index in [0.717, 1.165) is 33.2 Å². The summed E-state index contributed by atoms with van der Waals surface area (Å²) in [6.07, 6.45) is 0. The molecular weight excluding hydrogens is 364 g/mol. The predicted molar refractivity (Wildman–Crippen MR) is 129 cm³/mol. The maximum absolute atomic E-state index is 4.90. The summed E-state index contributed by atoms with van der Waals surface area (Å²) in [7, 11) is 0. The molecule has 0 saturated carbocycles. The van der Waals surface area contributed by atoms with Crippen LogP contribution in [-0.2, 0) is 0 Å². The zero-order valence-electron chi connectivity index (χ0n) is 18.0. The SMILES string of the molecule is CC.Cc1cc(-c2ccccc2)c2ccc3c(-c4ccccc4)cc(C)nc3c2n1. The van der Waals surface area contributed by atoms with Crippen LogP contribution in [0.15, 0.2) is 84.9 Å². The Morgan fingerprint density at radius 1 is 0.500 bits per heavy atom. The molecule has 3 aromatic carbocycles. The van der Waals surface area contributed by atoms with Gasteiger partial charge >= 0.3 is 0 Å². The molecule has 0 unspecified atom stereocenters. The van der Waals surface area contributed by atoms with E-state index in [-0.39, 0.29) is 0 Å². The molecule has 30 heavy (non-hydrogen) atoms. The van der Waals surface area contributed by atoms with Crippen LogP contribution in [0.1, 0.15) is 25.2 Å². The van der Waals surface area contributed by atoms with E-state index in [1.807, 2.05) is 26.0 Å². The van der Waals surface area contributed by atoms with Gasteiger partial charge in [0, 0.05) is 22.2 Å². The smallest absolute Gasteiger partial charge is 0.0974 e. The van der Waals surface area contributed by atoms with Crippen LogP contribution in [0.3, 0.4) is 0 Å². The highest BCUT2D eigenvalue weighted by molar-refractivity contribution is 6.12. The third-order valence-electron chi connectivity index (χ3n) is 5.18. The highest BCUT2D eigenvalue weighted by atomic mass is 14.8. The Labute approximate surface area is 178 Å². The first-order chi connectivity index (χ1) is 14.7. The second-order valence-electron chi connectivity index (χ2n) is 7.21. The van der Waals surface area contributed by atoms with Gasteiger partial charge in [-0.05, 0) is 48.2 Å². The summed E-state index contributed by atoms with van der Waals surface area (Å²) in [5.41, 5.74) is 8.76. The molecule has 0 aliphatic heterocycles. The minimum atomic E-state index is 0.970. The number of nitrogens with zero attached hydrogens (tertiary/aromatic N) is 2. The lowest BCUT2D eigenvalue weighted by molar-refractivity contribution is 1.23. The third kappa shape index (κ3) is 3.57. The maximum atomic E-state index is 4.90. The number of aryl methyl sites for hydroxylation is 2. The van der Waals surface area contributed by atoms with Crippen LogP contribution in [0.4, 0.5) is 0 Å². The lowest BCUT2D eigenvalue weighted by Crippen LogP contribution is -1.94. The minimum absolute atomic E-state index is 0.970. The summed E-state index contributed by atoms with van der Waals surface area (Å²) < 4.78 is 0. The number of rotatable bonds is 2. The first kappa shape index (κ1) is 19.8. The molecule has 0 bridgehead atoms. The van der Waals surface area contributed by atoms with Crippen LogP contribution < -0.4 is 0 Å². The van der Waals surface area contributed by atoms with Crippen molar-refractivity contribution in [1.29, 1.82) is 0 Å². The molecule has 2 nitrogen and oxygen atoms in total. The Kier molecular flexibility index (Phi) is 5.58. The van der Waals surface area contributed by atoms with Crippen LogP contribution in [-0.4, -0.2) is 9.97 Å². The highest BCUT2D eigenvalue weighted by Crippen LogP contribution is 2.36. The fraction of sp³-hybridized carbons (Fsp3) is 0.143. The van der Waals surface area contributed by atoms with E-state index in [2.05, 4.69) is 86.6 Å². The molecule has 5 rings (SSSR count). The second-order valence-corrected chi connectivity index (χ2v) is 7.21. The molecular formula is C28H26N2. The van der Waals surface area contributed by atoms with Crippen molar-refractivity contribution in [2.45, 2.75) is 27.7 Å². The largest absolute Gasteiger partial charge is 0.251 e. The van der Waals surface area contributed by atoms with E-state index < -0.39 is 0 Å². The monoisotopic (exact) mass is 390 g/mol. The molecule has 0 amide bonds. The van der Waals surface area contributed by atoms with E-state index in [0.29, 0.717) is 0 Å². The Hall–Kier alpha value is -3.52. The van der Waals surface area contributed by atoms with Crippen molar-refractivity contribution < 1.29 is 0 Å². The number of benzene rings is 3. The molecule has 0 N–H and O–H groups in total. The van der Waals surface area contributed by atoms with Crippen LogP contribution in [0.5, 0.6) is 0 Å². The van der Waals surface area contributed by atoms with Crippen molar-refractivity contribution in [3.8, 4) is 22.3 Å². The Morgan fingerprint density at radius 3 is 1.23 bits per heavy atom. The minimum Gasteiger partial charge on any atom is -0.251 e. The van der Waals surface area contributed by atoms with E-state index in [1.54, 1.807) is 0 Å². The van der Waals surface area contributed by atoms with Gasteiger partial charge in [0.1, 0.15) is 0 Å². The van der Waals surface area contributed by atoms with Gasteiger partial charge < -0.3 is 0 Å². The zero-order chi connectivity index (χ0) is 21.1. The summed E-state index contributed by atoms with van der Waals surface area (Å²) in [6.45, 7) is 8.11. The van der Waals surface area contributed by atoms with Crippen molar-refractivity contribution >= 4 is 21.8 Å². The van der Waals surface area contributed by atoms with Gasteiger partial charge in [0.2, 0.25) is 0 Å². The number of aromatic nitrogens is 2. The molecule has 0 aliphatic rings. The Morgan fingerprint density at radius 2 is 0.867 bits per heavy atom. The Bertz CT molecular complexity index is 1200. The maximum Gasteiger partial charge on any atom is 0.0974 e. The number of hydrogen-bond acceptors (Lipinski definition) is 2. The van der Waals surface area contributed by atoms with Crippen molar-refractivity contribution in [3.63, 3.8) is 0 Å². The molecule has 0 radical (unpaired) electrons. The fourth-order valence-corrected chi connectivity index (χ4v) is 3.94. The van der Waals surface area contributed by atoms with Gasteiger partial charge in [0.05, 0.1) is 11.0 Å². The van der Waals surface area contributed by atoms with Gasteiger partial charge in [0.25, 0.3) is 0 Å². The summed E-state index contributed by atoms with van der Waals surface area (Å²) in [6, 6.07) is 29.7. The molecule has 2 heteroatoms. The average Bonchev–Trinajstić information content (AvgIpc) is 2.80. The van der Waals surface area contributed by atoms with Gasteiger partial charge in [-0.15, -0.1) is 0 Å². The van der Waals surface area contributed by atoms with Gasteiger partial charge in [0.15, 0.2) is 0 Å². The van der Waals surface area contributed by atoms with Crippen LogP contribution in [0.2, 0.25) is 0 Å². The van der Waals surface area contributed by atoms with Crippen molar-refractivity contribution in [2.24, 2.45) is 0 Å². The third-order valence-corrected chi connectivity index (χ3v) is 5.18. The molecule has 0 saturated heterocycles. The van der Waals surface area contributed by atoms with E-state index in [9.17, 15) is 0 Å². The first-order valence-electron chi connectivity index (χ1n) is 10.5. The first-order valence-corrected chi connectivity index (χ1v) is 10.5. The lowest BCUT2D eigenvalue weighted by atomic mass is 9.95. The number of fused-ring (bicyclic) bond motifs is 3. The van der Waals surface area contributed by atoms with Crippen molar-refractivity contribution in [2.75, 3.05) is 0 Å². The van der Waals surface area contributed by atoms with E-state index >= 15 is 0 Å². The van der Waals surface area contributed by atoms with Gasteiger partial charge in [-0.2, -0.15) is 0 Å². The van der Waals surface area contributed by atoms with Crippen molar-refractivity contribution in [3.05, 3.63) is 96.3 Å². The standard InChI is InChI=1S/C26H20N2.C2H6/c1-17-15-23(19-9-5-3-6-10-19)21-13-14-22-24(20-11-7-4-8-12-20)16-18(2)28-26(22)25(21)27-17;1-2/h3-16H,1-2H3;1-2H3.